The maximum atomic E-state index is 13.4. The molecule has 2 aromatic carbocycles. The summed E-state index contributed by atoms with van der Waals surface area (Å²) in [5.41, 5.74) is -0.689. The number of rotatable bonds is 7. The fourth-order valence-electron chi connectivity index (χ4n) is 4.69. The molecule has 0 saturated carbocycles. The molecule has 0 aliphatic carbocycles. The van der Waals surface area contributed by atoms with Crippen molar-refractivity contribution in [3.8, 4) is 5.75 Å². The second-order valence-corrected chi connectivity index (χ2v) is 11.9. The maximum Gasteiger partial charge on any atom is 0.243 e. The first-order valence-electron chi connectivity index (χ1n) is 11.8. The minimum absolute atomic E-state index is 0.0128. The normalized spacial score (nSPS) is 22.2. The third-order valence-electron chi connectivity index (χ3n) is 6.82. The molecule has 0 bridgehead atoms. The van der Waals surface area contributed by atoms with Gasteiger partial charge in [0.05, 0.1) is 11.5 Å². The van der Waals surface area contributed by atoms with Crippen LogP contribution in [0.15, 0.2) is 53.4 Å². The number of likely N-dealkylation sites (N-methyl/N-ethyl adjacent to an activating group) is 1. The van der Waals surface area contributed by atoms with Crippen molar-refractivity contribution in [3.63, 3.8) is 0 Å². The van der Waals surface area contributed by atoms with Crippen LogP contribution in [0, 0.1) is 11.2 Å². The molecule has 2 aliphatic rings. The highest BCUT2D eigenvalue weighted by Gasteiger charge is 2.43. The Morgan fingerprint density at radius 3 is 2.34 bits per heavy atom. The first kappa shape index (κ1) is 25.9. The van der Waals surface area contributed by atoms with E-state index in [0.717, 1.165) is 25.2 Å². The van der Waals surface area contributed by atoms with Gasteiger partial charge in [0.2, 0.25) is 15.9 Å². The summed E-state index contributed by atoms with van der Waals surface area (Å²) in [5.74, 6) is 0.129. The molecule has 0 aromatic heterocycles. The van der Waals surface area contributed by atoms with E-state index in [4.69, 9.17) is 16.3 Å². The number of hydrogen-bond donors (Lipinski definition) is 0. The lowest BCUT2D eigenvalue weighted by molar-refractivity contribution is -0.136. The molecule has 2 saturated heterocycles. The van der Waals surface area contributed by atoms with Gasteiger partial charge in [0.25, 0.3) is 0 Å². The Morgan fingerprint density at radius 2 is 1.69 bits per heavy atom. The summed E-state index contributed by atoms with van der Waals surface area (Å²) in [5, 5.41) is 0.589. The van der Waals surface area contributed by atoms with E-state index in [1.807, 2.05) is 11.9 Å². The van der Waals surface area contributed by atoms with Crippen LogP contribution in [0.1, 0.15) is 19.3 Å². The number of ether oxygens (including phenoxy) is 1. The molecule has 7 nitrogen and oxygen atoms in total. The molecule has 1 amide bonds. The summed E-state index contributed by atoms with van der Waals surface area (Å²) in [6.07, 6.45) is 1.45. The topological polar surface area (TPSA) is 70.2 Å². The van der Waals surface area contributed by atoms with Crippen LogP contribution < -0.4 is 4.74 Å². The van der Waals surface area contributed by atoms with Crippen LogP contribution in [0.3, 0.4) is 0 Å². The Morgan fingerprint density at radius 1 is 1.03 bits per heavy atom. The van der Waals surface area contributed by atoms with E-state index < -0.39 is 21.3 Å². The first-order chi connectivity index (χ1) is 16.7. The molecule has 2 heterocycles. The molecule has 35 heavy (non-hydrogen) atoms. The summed E-state index contributed by atoms with van der Waals surface area (Å²) < 4.78 is 47.6. The van der Waals surface area contributed by atoms with Crippen molar-refractivity contribution < 1.29 is 22.3 Å². The van der Waals surface area contributed by atoms with Gasteiger partial charge in [-0.1, -0.05) is 11.6 Å². The standard InChI is InChI=1S/C25H31ClFN3O4S/c1-28-13-15-29(16-14-28)24(31)17-25(19-34-22-7-3-20(26)4-8-22)11-2-12-30(18-25)35(32,33)23-9-5-21(27)6-10-23/h3-10H,2,11-19H2,1H3/t25-/m1/s1. The molecule has 2 aromatic rings. The van der Waals surface area contributed by atoms with Crippen molar-refractivity contribution in [2.45, 2.75) is 24.2 Å². The van der Waals surface area contributed by atoms with Crippen LogP contribution in [0.2, 0.25) is 5.02 Å². The lowest BCUT2D eigenvalue weighted by Gasteiger charge is -2.43. The summed E-state index contributed by atoms with van der Waals surface area (Å²) >= 11 is 5.98. The number of carbonyl (C=O) groups is 1. The van der Waals surface area contributed by atoms with E-state index in [1.165, 1.54) is 16.4 Å². The molecular weight excluding hydrogens is 493 g/mol. The summed E-state index contributed by atoms with van der Waals surface area (Å²) in [6.45, 7) is 3.62. The van der Waals surface area contributed by atoms with Gasteiger partial charge in [-0.05, 0) is 68.4 Å². The number of piperazine rings is 1. The molecule has 2 fully saturated rings. The van der Waals surface area contributed by atoms with Crippen LogP contribution in [0.4, 0.5) is 4.39 Å². The fourth-order valence-corrected chi connectivity index (χ4v) is 6.41. The summed E-state index contributed by atoms with van der Waals surface area (Å²) in [6, 6.07) is 11.8. The SMILES string of the molecule is CN1CCN(C(=O)C[C@]2(COc3ccc(Cl)cc3)CCCN(S(=O)(=O)c3ccc(F)cc3)C2)CC1. The molecule has 0 radical (unpaired) electrons. The second-order valence-electron chi connectivity index (χ2n) is 9.50. The molecular formula is C25H31ClFN3O4S. The van der Waals surface area contributed by atoms with Crippen molar-refractivity contribution >= 4 is 27.5 Å². The largest absolute Gasteiger partial charge is 0.493 e. The monoisotopic (exact) mass is 523 g/mol. The Labute approximate surface area is 211 Å². The Hall–Kier alpha value is -2.20. The zero-order valence-corrected chi connectivity index (χ0v) is 21.4. The quantitative estimate of drug-likeness (QED) is 0.555. The van der Waals surface area contributed by atoms with E-state index in [-0.39, 0.29) is 30.4 Å². The third kappa shape index (κ3) is 6.33. The van der Waals surface area contributed by atoms with E-state index in [9.17, 15) is 17.6 Å². The number of hydrogen-bond acceptors (Lipinski definition) is 5. The van der Waals surface area contributed by atoms with Crippen LogP contribution in [-0.4, -0.2) is 81.4 Å². The fraction of sp³-hybridized carbons (Fsp3) is 0.480. The van der Waals surface area contributed by atoms with Gasteiger partial charge in [-0.2, -0.15) is 4.31 Å². The molecule has 0 N–H and O–H groups in total. The summed E-state index contributed by atoms with van der Waals surface area (Å²) in [7, 11) is -1.81. The van der Waals surface area contributed by atoms with Crippen molar-refractivity contribution in [1.82, 2.24) is 14.1 Å². The van der Waals surface area contributed by atoms with E-state index >= 15 is 0 Å². The van der Waals surface area contributed by atoms with E-state index in [0.29, 0.717) is 43.2 Å². The summed E-state index contributed by atoms with van der Waals surface area (Å²) in [4.78, 5) is 17.4. The van der Waals surface area contributed by atoms with Gasteiger partial charge in [-0.25, -0.2) is 12.8 Å². The van der Waals surface area contributed by atoms with Crippen LogP contribution in [-0.2, 0) is 14.8 Å². The van der Waals surface area contributed by atoms with E-state index in [2.05, 4.69) is 4.90 Å². The van der Waals surface area contributed by atoms with Crippen molar-refractivity contribution in [1.29, 1.82) is 0 Å². The van der Waals surface area contributed by atoms with Crippen LogP contribution >= 0.6 is 11.6 Å². The third-order valence-corrected chi connectivity index (χ3v) is 8.93. The Bertz CT molecular complexity index is 1120. The van der Waals surface area contributed by atoms with Gasteiger partial charge in [-0.15, -0.1) is 0 Å². The van der Waals surface area contributed by atoms with Gasteiger partial charge in [-0.3, -0.25) is 4.79 Å². The number of benzene rings is 2. The number of nitrogens with zero attached hydrogens (tertiary/aromatic N) is 3. The molecule has 1 atom stereocenters. The predicted molar refractivity (Wildman–Crippen MR) is 132 cm³/mol. The molecule has 190 valence electrons. The molecule has 0 spiro atoms. The van der Waals surface area contributed by atoms with Crippen LogP contribution in [0.5, 0.6) is 5.75 Å². The Kier molecular flexibility index (Phi) is 8.00. The van der Waals surface area contributed by atoms with Gasteiger partial charge in [0.15, 0.2) is 0 Å². The predicted octanol–water partition coefficient (Wildman–Crippen LogP) is 3.49. The minimum Gasteiger partial charge on any atom is -0.493 e. The number of amides is 1. The van der Waals surface area contributed by atoms with Crippen molar-refractivity contribution in [2.75, 3.05) is 52.9 Å². The van der Waals surface area contributed by atoms with Crippen LogP contribution in [0.25, 0.3) is 0 Å². The van der Waals surface area contributed by atoms with Gasteiger partial charge < -0.3 is 14.5 Å². The van der Waals surface area contributed by atoms with Gasteiger partial charge in [0.1, 0.15) is 11.6 Å². The number of carbonyl (C=O) groups excluding carboxylic acids is 1. The minimum atomic E-state index is -3.84. The number of halogens is 2. The lowest BCUT2D eigenvalue weighted by atomic mass is 9.78. The highest BCUT2D eigenvalue weighted by Crippen LogP contribution is 2.37. The first-order valence-corrected chi connectivity index (χ1v) is 13.6. The smallest absolute Gasteiger partial charge is 0.243 e. The number of piperidine rings is 1. The second kappa shape index (κ2) is 10.8. The van der Waals surface area contributed by atoms with Crippen molar-refractivity contribution in [3.05, 3.63) is 59.4 Å². The Balaban J connectivity index is 1.56. The maximum absolute atomic E-state index is 13.4. The highest BCUT2D eigenvalue weighted by molar-refractivity contribution is 7.89. The van der Waals surface area contributed by atoms with Gasteiger partial charge in [0, 0.05) is 56.1 Å². The zero-order valence-electron chi connectivity index (χ0n) is 19.8. The van der Waals surface area contributed by atoms with Gasteiger partial charge >= 0.3 is 0 Å². The zero-order chi connectivity index (χ0) is 25.1. The lowest BCUT2D eigenvalue weighted by Crippen LogP contribution is -2.53. The highest BCUT2D eigenvalue weighted by atomic mass is 35.5. The molecule has 10 heteroatoms. The molecule has 4 rings (SSSR count). The van der Waals surface area contributed by atoms with Crippen molar-refractivity contribution in [2.24, 2.45) is 5.41 Å². The molecule has 0 unspecified atom stereocenters. The molecule has 2 aliphatic heterocycles. The van der Waals surface area contributed by atoms with E-state index in [1.54, 1.807) is 24.3 Å². The number of sulfonamides is 1. The average molecular weight is 524 g/mol. The average Bonchev–Trinajstić information content (AvgIpc) is 2.84.